The van der Waals surface area contributed by atoms with E-state index in [0.29, 0.717) is 12.6 Å². The average molecular weight is 289 g/mol. The highest BCUT2D eigenvalue weighted by Gasteiger charge is 2.38. The molecule has 0 heterocycles. The monoisotopic (exact) mass is 289 g/mol. The quantitative estimate of drug-likeness (QED) is 0.897. The Morgan fingerprint density at radius 2 is 1.86 bits per heavy atom. The number of rotatable bonds is 5. The van der Waals surface area contributed by atoms with Crippen molar-refractivity contribution in [2.75, 3.05) is 13.7 Å². The van der Waals surface area contributed by atoms with Crippen LogP contribution in [0.5, 0.6) is 11.5 Å². The summed E-state index contributed by atoms with van der Waals surface area (Å²) >= 11 is 0. The van der Waals surface area contributed by atoms with Crippen molar-refractivity contribution < 1.29 is 9.47 Å². The molecule has 0 atom stereocenters. The van der Waals surface area contributed by atoms with Crippen LogP contribution in [0.1, 0.15) is 56.9 Å². The lowest BCUT2D eigenvalue weighted by Gasteiger charge is -2.31. The molecular formula is C18H27NO2. The molecule has 116 valence electrons. The van der Waals surface area contributed by atoms with Gasteiger partial charge in [-0.2, -0.15) is 0 Å². The first-order valence-corrected chi connectivity index (χ1v) is 8.33. The number of nitrogens with two attached hydrogens (primary N) is 1. The topological polar surface area (TPSA) is 44.5 Å². The number of hydrogen-bond donors (Lipinski definition) is 1. The molecule has 0 aromatic heterocycles. The largest absolute Gasteiger partial charge is 0.493 e. The third kappa shape index (κ3) is 2.76. The second-order valence-electron chi connectivity index (χ2n) is 6.55. The van der Waals surface area contributed by atoms with Crippen molar-refractivity contribution in [3.05, 3.63) is 23.8 Å². The van der Waals surface area contributed by atoms with Crippen molar-refractivity contribution in [2.45, 2.75) is 62.9 Å². The highest BCUT2D eigenvalue weighted by atomic mass is 16.5. The molecule has 3 heteroatoms. The second-order valence-corrected chi connectivity index (χ2v) is 6.55. The van der Waals surface area contributed by atoms with Gasteiger partial charge in [0, 0.05) is 17.5 Å². The van der Waals surface area contributed by atoms with Gasteiger partial charge in [0.25, 0.3) is 0 Å². The number of benzene rings is 1. The van der Waals surface area contributed by atoms with Crippen LogP contribution >= 0.6 is 0 Å². The van der Waals surface area contributed by atoms with Crippen molar-refractivity contribution in [3.63, 3.8) is 0 Å². The molecule has 0 aliphatic heterocycles. The van der Waals surface area contributed by atoms with Gasteiger partial charge < -0.3 is 15.2 Å². The predicted octanol–water partition coefficient (Wildman–Crippen LogP) is 3.79. The summed E-state index contributed by atoms with van der Waals surface area (Å²) in [6.45, 7) is 0.696. The first kappa shape index (κ1) is 14.7. The lowest BCUT2D eigenvalue weighted by Crippen LogP contribution is -2.33. The van der Waals surface area contributed by atoms with Crippen LogP contribution in [0.25, 0.3) is 0 Å². The minimum absolute atomic E-state index is 0.0858. The molecule has 2 N–H and O–H groups in total. The average Bonchev–Trinajstić information content (AvgIpc) is 3.19. The van der Waals surface area contributed by atoms with Crippen LogP contribution in [0.15, 0.2) is 18.2 Å². The summed E-state index contributed by atoms with van der Waals surface area (Å²) in [5.41, 5.74) is 7.53. The lowest BCUT2D eigenvalue weighted by molar-refractivity contribution is 0.194. The van der Waals surface area contributed by atoms with E-state index in [4.69, 9.17) is 15.2 Å². The number of para-hydroxylation sites is 1. The number of methoxy groups -OCH3 is 1. The zero-order valence-electron chi connectivity index (χ0n) is 13.1. The van der Waals surface area contributed by atoms with Crippen LogP contribution in [-0.2, 0) is 5.41 Å². The van der Waals surface area contributed by atoms with Crippen molar-refractivity contribution >= 4 is 0 Å². The molecule has 2 saturated carbocycles. The fourth-order valence-corrected chi connectivity index (χ4v) is 4.02. The molecule has 1 aromatic rings. The summed E-state index contributed by atoms with van der Waals surface area (Å²) < 4.78 is 12.0. The maximum Gasteiger partial charge on any atom is 0.165 e. The fraction of sp³-hybridized carbons (Fsp3) is 0.667. The van der Waals surface area contributed by atoms with Gasteiger partial charge in [0.05, 0.1) is 13.2 Å². The Morgan fingerprint density at radius 3 is 2.48 bits per heavy atom. The first-order valence-electron chi connectivity index (χ1n) is 8.33. The molecule has 0 radical (unpaired) electrons. The highest BCUT2D eigenvalue weighted by Crippen LogP contribution is 2.47. The van der Waals surface area contributed by atoms with Gasteiger partial charge in [0.15, 0.2) is 11.5 Å². The SMILES string of the molecule is COc1cccc(C2(CN)CCCC2)c1OC1CCCC1. The second kappa shape index (κ2) is 6.27. The zero-order chi connectivity index (χ0) is 14.7. The first-order chi connectivity index (χ1) is 10.3. The molecule has 0 bridgehead atoms. The Hall–Kier alpha value is -1.22. The van der Waals surface area contributed by atoms with E-state index >= 15 is 0 Å². The van der Waals surface area contributed by atoms with Crippen molar-refractivity contribution in [1.82, 2.24) is 0 Å². The van der Waals surface area contributed by atoms with E-state index in [-0.39, 0.29) is 5.41 Å². The van der Waals surface area contributed by atoms with Gasteiger partial charge in [-0.15, -0.1) is 0 Å². The van der Waals surface area contributed by atoms with Crippen LogP contribution in [0.2, 0.25) is 0 Å². The summed E-state index contributed by atoms with van der Waals surface area (Å²) in [5.74, 6) is 1.82. The summed E-state index contributed by atoms with van der Waals surface area (Å²) in [6, 6.07) is 6.28. The van der Waals surface area contributed by atoms with Gasteiger partial charge >= 0.3 is 0 Å². The maximum atomic E-state index is 6.39. The Labute approximate surface area is 127 Å². The number of hydrogen-bond acceptors (Lipinski definition) is 3. The van der Waals surface area contributed by atoms with Gasteiger partial charge in [-0.25, -0.2) is 0 Å². The van der Waals surface area contributed by atoms with Gasteiger partial charge in [-0.3, -0.25) is 0 Å². The van der Waals surface area contributed by atoms with Crippen LogP contribution < -0.4 is 15.2 Å². The van der Waals surface area contributed by atoms with E-state index in [1.165, 1.54) is 31.2 Å². The summed E-state index contributed by atoms with van der Waals surface area (Å²) in [5, 5.41) is 0. The third-order valence-corrected chi connectivity index (χ3v) is 5.31. The van der Waals surface area contributed by atoms with Gasteiger partial charge in [-0.1, -0.05) is 25.0 Å². The molecule has 2 aliphatic carbocycles. The van der Waals surface area contributed by atoms with Gasteiger partial charge in [0.1, 0.15) is 0 Å². The van der Waals surface area contributed by atoms with E-state index < -0.39 is 0 Å². The molecule has 0 amide bonds. The molecule has 21 heavy (non-hydrogen) atoms. The molecule has 0 saturated heterocycles. The lowest BCUT2D eigenvalue weighted by atomic mass is 9.78. The van der Waals surface area contributed by atoms with Gasteiger partial charge in [0.2, 0.25) is 0 Å². The molecule has 3 rings (SSSR count). The molecule has 0 spiro atoms. The molecule has 0 unspecified atom stereocenters. The third-order valence-electron chi connectivity index (χ3n) is 5.31. The highest BCUT2D eigenvalue weighted by molar-refractivity contribution is 5.51. The molecule has 2 aliphatic rings. The Kier molecular flexibility index (Phi) is 4.39. The normalized spacial score (nSPS) is 21.6. The Balaban J connectivity index is 1.98. The van der Waals surface area contributed by atoms with Crippen LogP contribution in [0, 0.1) is 0 Å². The molecular weight excluding hydrogens is 262 g/mol. The standard InChI is InChI=1S/C18H27NO2/c1-20-16-10-6-9-15(18(13-19)11-4-5-12-18)17(16)21-14-7-2-3-8-14/h6,9-10,14H,2-5,7-8,11-13,19H2,1H3. The minimum atomic E-state index is 0.0858. The zero-order valence-corrected chi connectivity index (χ0v) is 13.1. The van der Waals surface area contributed by atoms with Crippen molar-refractivity contribution in [1.29, 1.82) is 0 Å². The maximum absolute atomic E-state index is 6.39. The molecule has 2 fully saturated rings. The van der Waals surface area contributed by atoms with Crippen molar-refractivity contribution in [2.24, 2.45) is 5.73 Å². The van der Waals surface area contributed by atoms with E-state index in [9.17, 15) is 0 Å². The minimum Gasteiger partial charge on any atom is -0.493 e. The summed E-state index contributed by atoms with van der Waals surface area (Å²) in [4.78, 5) is 0. The van der Waals surface area contributed by atoms with E-state index in [2.05, 4.69) is 12.1 Å². The Bertz CT molecular complexity index is 474. The van der Waals surface area contributed by atoms with Crippen molar-refractivity contribution in [3.8, 4) is 11.5 Å². The smallest absolute Gasteiger partial charge is 0.165 e. The fourth-order valence-electron chi connectivity index (χ4n) is 4.02. The van der Waals surface area contributed by atoms with Crippen LogP contribution in [0.4, 0.5) is 0 Å². The van der Waals surface area contributed by atoms with E-state index in [1.807, 2.05) is 6.07 Å². The van der Waals surface area contributed by atoms with Crippen LogP contribution in [-0.4, -0.2) is 19.8 Å². The predicted molar refractivity (Wildman–Crippen MR) is 85.1 cm³/mol. The van der Waals surface area contributed by atoms with Crippen LogP contribution in [0.3, 0.4) is 0 Å². The Morgan fingerprint density at radius 1 is 1.14 bits per heavy atom. The number of ether oxygens (including phenoxy) is 2. The summed E-state index contributed by atoms with van der Waals surface area (Å²) in [7, 11) is 1.73. The van der Waals surface area contributed by atoms with Gasteiger partial charge in [-0.05, 0) is 44.6 Å². The molecule has 3 nitrogen and oxygen atoms in total. The summed E-state index contributed by atoms with van der Waals surface area (Å²) in [6.07, 6.45) is 10.1. The van der Waals surface area contributed by atoms with E-state index in [0.717, 1.165) is 37.2 Å². The van der Waals surface area contributed by atoms with E-state index in [1.54, 1.807) is 7.11 Å². The molecule has 1 aromatic carbocycles.